The summed E-state index contributed by atoms with van der Waals surface area (Å²) < 4.78 is 5.14. The van der Waals surface area contributed by atoms with Crippen LogP contribution in [0.1, 0.15) is 38.7 Å². The van der Waals surface area contributed by atoms with Crippen molar-refractivity contribution in [2.45, 2.75) is 63.8 Å². The molecule has 2 aliphatic rings. The van der Waals surface area contributed by atoms with Gasteiger partial charge in [-0.2, -0.15) is 0 Å². The number of piperazine rings is 1. The summed E-state index contributed by atoms with van der Waals surface area (Å²) in [5.41, 5.74) is 1.01. The van der Waals surface area contributed by atoms with E-state index in [4.69, 9.17) is 4.74 Å². The molecule has 1 aromatic carbocycles. The highest BCUT2D eigenvalue weighted by molar-refractivity contribution is 5.83. The Morgan fingerprint density at radius 2 is 2.00 bits per heavy atom. The Hall–Kier alpha value is -2.81. The maximum absolute atomic E-state index is 12.3. The molecule has 0 aromatic heterocycles. The number of hydrogen-bond donors (Lipinski definition) is 4. The molecule has 2 aliphatic heterocycles. The average molecular weight is 432 g/mol. The van der Waals surface area contributed by atoms with Crippen LogP contribution in [0.2, 0.25) is 0 Å². The number of rotatable bonds is 8. The standard InChI is InChI=1S/C22H33N5O4/c1-14(2)25-22(30)26-16-10-19-21(29)24-12-17(27(19)13-16)6-9-20(28)23-11-15-4-7-18(31-3)8-5-15/h4-5,7-8,14,16-17,19H,6,9-13H2,1-3H3,(H,23,28)(H,24,29)(H2,25,26,30)/t16-,17+,19-/m0/s1. The molecule has 0 unspecified atom stereocenters. The second kappa shape index (κ2) is 10.5. The van der Waals surface area contributed by atoms with E-state index in [1.165, 1.54) is 0 Å². The van der Waals surface area contributed by atoms with Crippen LogP contribution in [-0.2, 0) is 16.1 Å². The summed E-state index contributed by atoms with van der Waals surface area (Å²) in [6.45, 7) is 5.41. The zero-order chi connectivity index (χ0) is 22.4. The van der Waals surface area contributed by atoms with Gasteiger partial charge in [-0.05, 0) is 44.4 Å². The summed E-state index contributed by atoms with van der Waals surface area (Å²) in [5.74, 6) is 0.757. The molecule has 0 bridgehead atoms. The minimum Gasteiger partial charge on any atom is -0.497 e. The Bertz CT molecular complexity index is 783. The van der Waals surface area contributed by atoms with Crippen molar-refractivity contribution < 1.29 is 19.1 Å². The quantitative estimate of drug-likeness (QED) is 0.485. The summed E-state index contributed by atoms with van der Waals surface area (Å²) in [5, 5.41) is 11.7. The van der Waals surface area contributed by atoms with Gasteiger partial charge in [-0.3, -0.25) is 14.5 Å². The molecule has 9 nitrogen and oxygen atoms in total. The SMILES string of the molecule is COc1ccc(CNC(=O)CC[C@@H]2CNC(=O)[C@@H]3C[C@H](NC(=O)NC(C)C)CN23)cc1. The van der Waals surface area contributed by atoms with E-state index >= 15 is 0 Å². The minimum atomic E-state index is -0.259. The molecule has 2 fully saturated rings. The van der Waals surface area contributed by atoms with Gasteiger partial charge >= 0.3 is 6.03 Å². The van der Waals surface area contributed by atoms with Crippen LogP contribution in [0.15, 0.2) is 24.3 Å². The third kappa shape index (κ3) is 6.33. The average Bonchev–Trinajstić information content (AvgIpc) is 3.16. The maximum atomic E-state index is 12.3. The number of hydrogen-bond acceptors (Lipinski definition) is 5. The number of ether oxygens (including phenoxy) is 1. The van der Waals surface area contributed by atoms with Crippen LogP contribution < -0.4 is 26.0 Å². The number of fused-ring (bicyclic) bond motifs is 1. The van der Waals surface area contributed by atoms with E-state index < -0.39 is 0 Å². The number of benzene rings is 1. The topological polar surface area (TPSA) is 112 Å². The van der Waals surface area contributed by atoms with Gasteiger partial charge in [0.05, 0.1) is 13.2 Å². The predicted molar refractivity (Wildman–Crippen MR) is 117 cm³/mol. The van der Waals surface area contributed by atoms with Crippen LogP contribution in [0.5, 0.6) is 5.75 Å². The molecule has 1 aromatic rings. The van der Waals surface area contributed by atoms with Gasteiger partial charge in [0.1, 0.15) is 5.75 Å². The lowest BCUT2D eigenvalue weighted by atomic mass is 10.0. The summed E-state index contributed by atoms with van der Waals surface area (Å²) in [6, 6.07) is 7.16. The van der Waals surface area contributed by atoms with Crippen molar-refractivity contribution in [3.05, 3.63) is 29.8 Å². The van der Waals surface area contributed by atoms with Gasteiger partial charge in [0.25, 0.3) is 0 Å². The molecule has 0 spiro atoms. The highest BCUT2D eigenvalue weighted by atomic mass is 16.5. The fourth-order valence-corrected chi connectivity index (χ4v) is 4.17. The van der Waals surface area contributed by atoms with Crippen LogP contribution in [0.3, 0.4) is 0 Å². The lowest BCUT2D eigenvalue weighted by Gasteiger charge is -2.37. The Morgan fingerprint density at radius 1 is 1.26 bits per heavy atom. The zero-order valence-corrected chi connectivity index (χ0v) is 18.4. The molecule has 4 N–H and O–H groups in total. The van der Waals surface area contributed by atoms with Crippen molar-refractivity contribution in [1.29, 1.82) is 0 Å². The molecule has 3 atom stereocenters. The minimum absolute atomic E-state index is 0.00576. The summed E-state index contributed by atoms with van der Waals surface area (Å²) in [7, 11) is 1.62. The third-order valence-corrected chi connectivity index (χ3v) is 5.73. The number of nitrogens with zero attached hydrogens (tertiary/aromatic N) is 1. The molecule has 2 heterocycles. The van der Waals surface area contributed by atoms with Crippen molar-refractivity contribution in [1.82, 2.24) is 26.2 Å². The highest BCUT2D eigenvalue weighted by Gasteiger charge is 2.43. The van der Waals surface area contributed by atoms with Crippen LogP contribution >= 0.6 is 0 Å². The summed E-state index contributed by atoms with van der Waals surface area (Å²) >= 11 is 0. The van der Waals surface area contributed by atoms with Crippen molar-refractivity contribution in [3.8, 4) is 5.75 Å². The van der Waals surface area contributed by atoms with Gasteiger partial charge in [0.15, 0.2) is 0 Å². The molecule has 0 saturated carbocycles. The molecule has 0 aliphatic carbocycles. The molecule has 2 saturated heterocycles. The molecule has 31 heavy (non-hydrogen) atoms. The van der Waals surface area contributed by atoms with Crippen molar-refractivity contribution >= 4 is 17.8 Å². The maximum Gasteiger partial charge on any atom is 0.315 e. The first-order chi connectivity index (χ1) is 14.9. The molecular formula is C22H33N5O4. The Labute approximate surface area is 183 Å². The first-order valence-electron chi connectivity index (χ1n) is 10.9. The second-order valence-corrected chi connectivity index (χ2v) is 8.48. The molecule has 4 amide bonds. The second-order valence-electron chi connectivity index (χ2n) is 8.48. The van der Waals surface area contributed by atoms with Crippen LogP contribution in [0, 0.1) is 0 Å². The van der Waals surface area contributed by atoms with E-state index in [1.807, 2.05) is 38.1 Å². The Balaban J connectivity index is 1.46. The summed E-state index contributed by atoms with van der Waals surface area (Å²) in [6.07, 6.45) is 1.61. The van der Waals surface area contributed by atoms with E-state index in [0.717, 1.165) is 11.3 Å². The van der Waals surface area contributed by atoms with Crippen LogP contribution in [0.4, 0.5) is 4.79 Å². The highest BCUT2D eigenvalue weighted by Crippen LogP contribution is 2.25. The third-order valence-electron chi connectivity index (χ3n) is 5.73. The van der Waals surface area contributed by atoms with E-state index in [1.54, 1.807) is 7.11 Å². The largest absolute Gasteiger partial charge is 0.497 e. The lowest BCUT2D eigenvalue weighted by molar-refractivity contribution is -0.129. The van der Waals surface area contributed by atoms with Crippen LogP contribution in [0.25, 0.3) is 0 Å². The number of carbonyl (C=O) groups excluding carboxylic acids is 3. The first kappa shape index (κ1) is 22.9. The Kier molecular flexibility index (Phi) is 7.73. The van der Waals surface area contributed by atoms with E-state index in [-0.39, 0.29) is 42.0 Å². The van der Waals surface area contributed by atoms with Gasteiger partial charge in [0.2, 0.25) is 11.8 Å². The number of methoxy groups -OCH3 is 1. The normalized spacial score (nSPS) is 23.1. The van der Waals surface area contributed by atoms with Crippen molar-refractivity contribution in [2.75, 3.05) is 20.2 Å². The van der Waals surface area contributed by atoms with Gasteiger partial charge < -0.3 is 26.0 Å². The fourth-order valence-electron chi connectivity index (χ4n) is 4.17. The van der Waals surface area contributed by atoms with Crippen molar-refractivity contribution in [2.24, 2.45) is 0 Å². The van der Waals surface area contributed by atoms with Gasteiger partial charge in [0, 0.05) is 44.2 Å². The van der Waals surface area contributed by atoms with E-state index in [0.29, 0.717) is 38.9 Å². The Morgan fingerprint density at radius 3 is 2.68 bits per heavy atom. The number of nitrogens with one attached hydrogen (secondary N) is 4. The number of carbonyl (C=O) groups is 3. The molecule has 3 rings (SSSR count). The molecule has 0 radical (unpaired) electrons. The zero-order valence-electron chi connectivity index (χ0n) is 18.4. The van der Waals surface area contributed by atoms with Crippen molar-refractivity contribution in [3.63, 3.8) is 0 Å². The lowest BCUT2D eigenvalue weighted by Crippen LogP contribution is -2.58. The fraction of sp³-hybridized carbons (Fsp3) is 0.591. The molecular weight excluding hydrogens is 398 g/mol. The van der Waals surface area contributed by atoms with E-state index in [2.05, 4.69) is 26.2 Å². The first-order valence-corrected chi connectivity index (χ1v) is 10.9. The van der Waals surface area contributed by atoms with Gasteiger partial charge in [-0.15, -0.1) is 0 Å². The molecule has 9 heteroatoms. The van der Waals surface area contributed by atoms with E-state index in [9.17, 15) is 14.4 Å². The van der Waals surface area contributed by atoms with Gasteiger partial charge in [-0.25, -0.2) is 4.79 Å². The number of urea groups is 1. The number of amides is 4. The smallest absolute Gasteiger partial charge is 0.315 e. The van der Waals surface area contributed by atoms with Crippen LogP contribution in [-0.4, -0.2) is 67.1 Å². The molecule has 170 valence electrons. The monoisotopic (exact) mass is 431 g/mol. The predicted octanol–water partition coefficient (Wildman–Crippen LogP) is 0.741. The summed E-state index contributed by atoms with van der Waals surface area (Å²) in [4.78, 5) is 38.8. The van der Waals surface area contributed by atoms with Gasteiger partial charge in [-0.1, -0.05) is 12.1 Å².